The van der Waals surface area contributed by atoms with Crippen molar-refractivity contribution < 1.29 is 4.79 Å². The molecule has 2 aromatic rings. The summed E-state index contributed by atoms with van der Waals surface area (Å²) in [7, 11) is 0. The summed E-state index contributed by atoms with van der Waals surface area (Å²) in [5.74, 6) is 0.100. The molecular formula is C15H13ClO. The molecule has 17 heavy (non-hydrogen) atoms. The van der Waals surface area contributed by atoms with E-state index in [1.807, 2.05) is 48.5 Å². The molecule has 0 fully saturated rings. The number of Topliss-reactive ketones (excluding diaryl/α,β-unsaturated/α-hetero) is 1. The van der Waals surface area contributed by atoms with Crippen molar-refractivity contribution in [3.8, 4) is 0 Å². The average Bonchev–Trinajstić information content (AvgIpc) is 2.33. The zero-order valence-electron chi connectivity index (χ0n) is 9.61. The van der Waals surface area contributed by atoms with E-state index in [0.29, 0.717) is 0 Å². The summed E-state index contributed by atoms with van der Waals surface area (Å²) in [6.45, 7) is 1.58. The fourth-order valence-corrected chi connectivity index (χ4v) is 1.82. The van der Waals surface area contributed by atoms with Crippen LogP contribution in [0.1, 0.15) is 28.4 Å². The first-order valence-electron chi connectivity index (χ1n) is 5.49. The summed E-state index contributed by atoms with van der Waals surface area (Å²) < 4.78 is 0. The fourth-order valence-electron chi connectivity index (χ4n) is 1.70. The lowest BCUT2D eigenvalue weighted by Gasteiger charge is -2.03. The molecule has 1 nitrogen and oxygen atoms in total. The van der Waals surface area contributed by atoms with Gasteiger partial charge in [0.1, 0.15) is 0 Å². The van der Waals surface area contributed by atoms with Crippen molar-refractivity contribution in [2.45, 2.75) is 13.3 Å². The van der Waals surface area contributed by atoms with Gasteiger partial charge < -0.3 is 0 Å². The molecule has 0 atom stereocenters. The monoisotopic (exact) mass is 244 g/mol. The molecule has 2 heteroatoms. The molecule has 0 unspecified atom stereocenters. The van der Waals surface area contributed by atoms with E-state index in [-0.39, 0.29) is 5.78 Å². The molecule has 0 heterocycles. The first-order chi connectivity index (χ1) is 8.15. The van der Waals surface area contributed by atoms with Gasteiger partial charge in [-0.2, -0.15) is 0 Å². The third-order valence-electron chi connectivity index (χ3n) is 2.68. The fraction of sp³-hybridized carbons (Fsp3) is 0.133. The van der Waals surface area contributed by atoms with Gasteiger partial charge in [-0.3, -0.25) is 4.79 Å². The Balaban J connectivity index is 2.13. The van der Waals surface area contributed by atoms with E-state index in [1.165, 1.54) is 11.1 Å². The Morgan fingerprint density at radius 3 is 1.88 bits per heavy atom. The predicted molar refractivity (Wildman–Crippen MR) is 70.7 cm³/mol. The highest BCUT2D eigenvalue weighted by Gasteiger charge is 2.00. The van der Waals surface area contributed by atoms with Crippen molar-refractivity contribution in [1.29, 1.82) is 0 Å². The first-order valence-corrected chi connectivity index (χ1v) is 5.87. The van der Waals surface area contributed by atoms with Crippen molar-refractivity contribution in [1.82, 2.24) is 0 Å². The minimum atomic E-state index is 0.100. The lowest BCUT2D eigenvalue weighted by Crippen LogP contribution is -1.93. The minimum Gasteiger partial charge on any atom is -0.295 e. The maximum Gasteiger partial charge on any atom is 0.159 e. The third kappa shape index (κ3) is 3.18. The summed E-state index contributed by atoms with van der Waals surface area (Å²) in [6, 6.07) is 15.5. The number of ketones is 1. The number of rotatable bonds is 3. The maximum atomic E-state index is 11.1. The summed E-state index contributed by atoms with van der Waals surface area (Å²) in [4.78, 5) is 11.1. The smallest absolute Gasteiger partial charge is 0.159 e. The Bertz CT molecular complexity index is 512. The summed E-state index contributed by atoms with van der Waals surface area (Å²) in [5, 5.41) is 0.751. The zero-order chi connectivity index (χ0) is 12.3. The Morgan fingerprint density at radius 2 is 1.41 bits per heavy atom. The molecule has 2 rings (SSSR count). The van der Waals surface area contributed by atoms with Crippen LogP contribution in [0.5, 0.6) is 0 Å². The SMILES string of the molecule is CC(=O)c1ccc(Cc2ccc(Cl)cc2)cc1. The van der Waals surface area contributed by atoms with Crippen LogP contribution in [0.2, 0.25) is 5.02 Å². The number of halogens is 1. The van der Waals surface area contributed by atoms with Gasteiger partial charge in [0, 0.05) is 10.6 Å². The van der Waals surface area contributed by atoms with Crippen molar-refractivity contribution in [2.75, 3.05) is 0 Å². The zero-order valence-corrected chi connectivity index (χ0v) is 10.4. The molecule has 0 bridgehead atoms. The molecule has 0 radical (unpaired) electrons. The van der Waals surface area contributed by atoms with Gasteiger partial charge in [0.05, 0.1) is 0 Å². The predicted octanol–water partition coefficient (Wildman–Crippen LogP) is 4.13. The Morgan fingerprint density at radius 1 is 0.941 bits per heavy atom. The summed E-state index contributed by atoms with van der Waals surface area (Å²) in [5.41, 5.74) is 3.16. The van der Waals surface area contributed by atoms with E-state index in [9.17, 15) is 4.79 Å². The van der Waals surface area contributed by atoms with E-state index in [1.54, 1.807) is 6.92 Å². The lowest BCUT2D eigenvalue weighted by atomic mass is 10.0. The number of carbonyl (C=O) groups excluding carboxylic acids is 1. The van der Waals surface area contributed by atoms with Crippen molar-refractivity contribution in [3.05, 3.63) is 70.2 Å². The van der Waals surface area contributed by atoms with Crippen LogP contribution in [0.15, 0.2) is 48.5 Å². The molecule has 0 N–H and O–H groups in total. The van der Waals surface area contributed by atoms with Crippen LogP contribution in [0.3, 0.4) is 0 Å². The van der Waals surface area contributed by atoms with E-state index in [2.05, 4.69) is 0 Å². The molecule has 86 valence electrons. The molecular weight excluding hydrogens is 232 g/mol. The maximum absolute atomic E-state index is 11.1. The van der Waals surface area contributed by atoms with Gasteiger partial charge in [-0.05, 0) is 36.6 Å². The largest absolute Gasteiger partial charge is 0.295 e. The van der Waals surface area contributed by atoms with Gasteiger partial charge in [0.15, 0.2) is 5.78 Å². The van der Waals surface area contributed by atoms with Gasteiger partial charge in [0.25, 0.3) is 0 Å². The van der Waals surface area contributed by atoms with Crippen LogP contribution in [0.25, 0.3) is 0 Å². The summed E-state index contributed by atoms with van der Waals surface area (Å²) in [6.07, 6.45) is 0.857. The van der Waals surface area contributed by atoms with Gasteiger partial charge in [0.2, 0.25) is 0 Å². The van der Waals surface area contributed by atoms with Crippen molar-refractivity contribution >= 4 is 17.4 Å². The molecule has 0 aromatic heterocycles. The van der Waals surface area contributed by atoms with Crippen molar-refractivity contribution in [3.63, 3.8) is 0 Å². The Hall–Kier alpha value is -1.60. The average molecular weight is 245 g/mol. The second kappa shape index (κ2) is 5.15. The molecule has 0 aliphatic heterocycles. The molecule has 0 amide bonds. The Kier molecular flexibility index (Phi) is 3.60. The topological polar surface area (TPSA) is 17.1 Å². The van der Waals surface area contributed by atoms with E-state index in [4.69, 9.17) is 11.6 Å². The molecule has 0 aliphatic carbocycles. The third-order valence-corrected chi connectivity index (χ3v) is 2.93. The standard InChI is InChI=1S/C15H13ClO/c1-11(17)14-6-2-12(3-7-14)10-13-4-8-15(16)9-5-13/h2-9H,10H2,1H3. The molecule has 2 aromatic carbocycles. The van der Waals surface area contributed by atoms with Gasteiger partial charge >= 0.3 is 0 Å². The van der Waals surface area contributed by atoms with Crippen LogP contribution in [0, 0.1) is 0 Å². The second-order valence-electron chi connectivity index (χ2n) is 4.06. The summed E-state index contributed by atoms with van der Waals surface area (Å²) >= 11 is 5.83. The molecule has 0 spiro atoms. The highest BCUT2D eigenvalue weighted by atomic mass is 35.5. The van der Waals surface area contributed by atoms with E-state index in [0.717, 1.165) is 17.0 Å². The normalized spacial score (nSPS) is 10.2. The van der Waals surface area contributed by atoms with Gasteiger partial charge in [-0.1, -0.05) is 48.0 Å². The highest BCUT2D eigenvalue weighted by molar-refractivity contribution is 6.30. The van der Waals surface area contributed by atoms with Crippen LogP contribution < -0.4 is 0 Å². The number of carbonyl (C=O) groups is 1. The van der Waals surface area contributed by atoms with Gasteiger partial charge in [-0.15, -0.1) is 0 Å². The molecule has 0 saturated carbocycles. The van der Waals surface area contributed by atoms with E-state index < -0.39 is 0 Å². The van der Waals surface area contributed by atoms with Gasteiger partial charge in [-0.25, -0.2) is 0 Å². The highest BCUT2D eigenvalue weighted by Crippen LogP contribution is 2.14. The number of hydrogen-bond donors (Lipinski definition) is 0. The number of hydrogen-bond acceptors (Lipinski definition) is 1. The molecule has 0 aliphatic rings. The van der Waals surface area contributed by atoms with Crippen LogP contribution in [-0.4, -0.2) is 5.78 Å². The minimum absolute atomic E-state index is 0.100. The number of benzene rings is 2. The second-order valence-corrected chi connectivity index (χ2v) is 4.49. The molecule has 0 saturated heterocycles. The Labute approximate surface area is 106 Å². The van der Waals surface area contributed by atoms with Crippen molar-refractivity contribution in [2.24, 2.45) is 0 Å². The van der Waals surface area contributed by atoms with Crippen LogP contribution in [-0.2, 0) is 6.42 Å². The van der Waals surface area contributed by atoms with E-state index >= 15 is 0 Å². The van der Waals surface area contributed by atoms with Crippen LogP contribution >= 0.6 is 11.6 Å². The quantitative estimate of drug-likeness (QED) is 0.742. The van der Waals surface area contributed by atoms with Crippen LogP contribution in [0.4, 0.5) is 0 Å². The first kappa shape index (κ1) is 11.9. The lowest BCUT2D eigenvalue weighted by molar-refractivity contribution is 0.101.